The Balaban J connectivity index is 2.10. The Morgan fingerprint density at radius 3 is 2.78 bits per heavy atom. The van der Waals surface area contributed by atoms with Crippen LogP contribution in [0.5, 0.6) is 0 Å². The summed E-state index contributed by atoms with van der Waals surface area (Å²) in [6.07, 6.45) is 0.982. The quantitative estimate of drug-likeness (QED) is 0.768. The van der Waals surface area contributed by atoms with E-state index in [-0.39, 0.29) is 11.9 Å². The van der Waals surface area contributed by atoms with Crippen LogP contribution in [-0.2, 0) is 11.2 Å². The maximum atomic E-state index is 11.8. The zero-order valence-electron chi connectivity index (χ0n) is 10.3. The summed E-state index contributed by atoms with van der Waals surface area (Å²) in [7, 11) is 0. The third kappa shape index (κ3) is 1.85. The molecule has 0 spiro atoms. The van der Waals surface area contributed by atoms with E-state index in [1.165, 1.54) is 16.0 Å². The second kappa shape index (κ2) is 4.58. The number of rotatable bonds is 1. The zero-order chi connectivity index (χ0) is 12.5. The van der Waals surface area contributed by atoms with Gasteiger partial charge in [0.2, 0.25) is 5.91 Å². The highest BCUT2D eigenvalue weighted by molar-refractivity contribution is 7.10. The van der Waals surface area contributed by atoms with Crippen LogP contribution in [0, 0.1) is 0 Å². The van der Waals surface area contributed by atoms with Gasteiger partial charge in [0.1, 0.15) is 0 Å². The number of hydrogen-bond acceptors (Lipinski definition) is 2. The normalized spacial score (nSPS) is 18.5. The maximum absolute atomic E-state index is 11.8. The second-order valence-electron chi connectivity index (χ2n) is 4.57. The molecule has 1 aliphatic rings. The van der Waals surface area contributed by atoms with Crippen molar-refractivity contribution in [2.24, 2.45) is 0 Å². The molecule has 1 unspecified atom stereocenters. The van der Waals surface area contributed by atoms with Gasteiger partial charge in [-0.25, -0.2) is 0 Å². The Morgan fingerprint density at radius 1 is 1.28 bits per heavy atom. The molecule has 92 valence electrons. The molecule has 0 saturated carbocycles. The Hall–Kier alpha value is -1.61. The molecule has 0 bridgehead atoms. The molecule has 0 aliphatic carbocycles. The van der Waals surface area contributed by atoms with E-state index in [2.05, 4.69) is 23.6 Å². The molecule has 1 aromatic heterocycles. The maximum Gasteiger partial charge on any atom is 0.220 e. The first-order chi connectivity index (χ1) is 8.77. The number of thiophene rings is 1. The number of benzene rings is 1. The fourth-order valence-corrected chi connectivity index (χ4v) is 3.55. The second-order valence-corrected chi connectivity index (χ2v) is 5.58. The van der Waals surface area contributed by atoms with Gasteiger partial charge in [0.25, 0.3) is 0 Å². The Morgan fingerprint density at radius 2 is 2.06 bits per heavy atom. The van der Waals surface area contributed by atoms with E-state index in [4.69, 9.17) is 0 Å². The highest BCUT2D eigenvalue weighted by Crippen LogP contribution is 2.37. The molecule has 0 radical (unpaired) electrons. The van der Waals surface area contributed by atoms with E-state index in [1.54, 1.807) is 18.3 Å². The highest BCUT2D eigenvalue weighted by Gasteiger charge is 2.30. The molecule has 1 atom stereocenters. The van der Waals surface area contributed by atoms with E-state index in [0.717, 1.165) is 13.0 Å². The van der Waals surface area contributed by atoms with Crippen LogP contribution in [0.2, 0.25) is 0 Å². The van der Waals surface area contributed by atoms with Gasteiger partial charge >= 0.3 is 0 Å². The number of carbonyl (C=O) groups excluding carboxylic acids is 1. The van der Waals surface area contributed by atoms with Crippen LogP contribution in [0.4, 0.5) is 0 Å². The van der Waals surface area contributed by atoms with Crippen molar-refractivity contribution < 1.29 is 4.79 Å². The number of hydrogen-bond donors (Lipinski definition) is 0. The fourth-order valence-electron chi connectivity index (χ4n) is 2.65. The van der Waals surface area contributed by atoms with Gasteiger partial charge in [0, 0.05) is 18.3 Å². The molecule has 18 heavy (non-hydrogen) atoms. The number of fused-ring (bicyclic) bond motifs is 1. The standard InChI is InChI=1S/C15H15NOS/c1-11(17)16-9-7-14-13(8-10-18-14)15(16)12-5-3-2-4-6-12/h2-6,8,10,15H,7,9H2,1H3. The van der Waals surface area contributed by atoms with Crippen molar-refractivity contribution in [3.05, 3.63) is 57.8 Å². The van der Waals surface area contributed by atoms with Gasteiger partial charge in [-0.05, 0) is 29.0 Å². The topological polar surface area (TPSA) is 20.3 Å². The summed E-state index contributed by atoms with van der Waals surface area (Å²) in [6.45, 7) is 2.48. The first-order valence-corrected chi connectivity index (χ1v) is 7.04. The highest BCUT2D eigenvalue weighted by atomic mass is 32.1. The van der Waals surface area contributed by atoms with Gasteiger partial charge in [0.15, 0.2) is 0 Å². The minimum Gasteiger partial charge on any atom is -0.331 e. The molecular formula is C15H15NOS. The summed E-state index contributed by atoms with van der Waals surface area (Å²) < 4.78 is 0. The summed E-state index contributed by atoms with van der Waals surface area (Å²) in [6, 6.07) is 12.5. The van der Waals surface area contributed by atoms with Crippen LogP contribution in [0.1, 0.15) is 29.0 Å². The first kappa shape index (κ1) is 11.5. The lowest BCUT2D eigenvalue weighted by molar-refractivity contribution is -0.130. The Bertz CT molecular complexity index is 561. The first-order valence-electron chi connectivity index (χ1n) is 6.16. The average molecular weight is 257 g/mol. The average Bonchev–Trinajstić information content (AvgIpc) is 2.86. The van der Waals surface area contributed by atoms with Crippen LogP contribution in [0.3, 0.4) is 0 Å². The minimum atomic E-state index is 0.0960. The van der Waals surface area contributed by atoms with Gasteiger partial charge < -0.3 is 4.90 Å². The molecule has 1 aliphatic heterocycles. The smallest absolute Gasteiger partial charge is 0.220 e. The molecule has 0 saturated heterocycles. The predicted octanol–water partition coefficient (Wildman–Crippen LogP) is 3.24. The molecule has 2 nitrogen and oxygen atoms in total. The zero-order valence-corrected chi connectivity index (χ0v) is 11.1. The molecule has 3 heteroatoms. The Kier molecular flexibility index (Phi) is 2.92. The van der Waals surface area contributed by atoms with Crippen LogP contribution >= 0.6 is 11.3 Å². The molecule has 0 N–H and O–H groups in total. The van der Waals surface area contributed by atoms with Gasteiger partial charge in [-0.2, -0.15) is 0 Å². The number of amides is 1. The van der Waals surface area contributed by atoms with Crippen molar-refractivity contribution in [1.82, 2.24) is 4.90 Å². The number of carbonyl (C=O) groups is 1. The van der Waals surface area contributed by atoms with Gasteiger partial charge in [-0.3, -0.25) is 4.79 Å². The van der Waals surface area contributed by atoms with E-state index in [1.807, 2.05) is 23.1 Å². The fraction of sp³-hybridized carbons (Fsp3) is 0.267. The van der Waals surface area contributed by atoms with Crippen molar-refractivity contribution >= 4 is 17.2 Å². The summed E-state index contributed by atoms with van der Waals surface area (Å²) in [5.74, 6) is 0.153. The summed E-state index contributed by atoms with van der Waals surface area (Å²) in [5.41, 5.74) is 2.50. The van der Waals surface area contributed by atoms with Crippen molar-refractivity contribution in [2.45, 2.75) is 19.4 Å². The molecular weight excluding hydrogens is 242 g/mol. The summed E-state index contributed by atoms with van der Waals surface area (Å²) >= 11 is 1.80. The third-order valence-electron chi connectivity index (χ3n) is 3.49. The molecule has 1 aromatic carbocycles. The third-order valence-corrected chi connectivity index (χ3v) is 4.48. The van der Waals surface area contributed by atoms with Crippen LogP contribution in [0.15, 0.2) is 41.8 Å². The lowest BCUT2D eigenvalue weighted by Gasteiger charge is -2.35. The van der Waals surface area contributed by atoms with Crippen molar-refractivity contribution in [2.75, 3.05) is 6.54 Å². The van der Waals surface area contributed by atoms with Crippen LogP contribution in [0.25, 0.3) is 0 Å². The van der Waals surface area contributed by atoms with Gasteiger partial charge in [-0.15, -0.1) is 11.3 Å². The monoisotopic (exact) mass is 257 g/mol. The van der Waals surface area contributed by atoms with Crippen LogP contribution in [-0.4, -0.2) is 17.4 Å². The number of nitrogens with zero attached hydrogens (tertiary/aromatic N) is 1. The van der Waals surface area contributed by atoms with E-state index in [9.17, 15) is 4.79 Å². The van der Waals surface area contributed by atoms with E-state index >= 15 is 0 Å². The molecule has 2 heterocycles. The molecule has 3 rings (SSSR count). The van der Waals surface area contributed by atoms with Gasteiger partial charge in [-0.1, -0.05) is 30.3 Å². The lowest BCUT2D eigenvalue weighted by atomic mass is 9.93. The van der Waals surface area contributed by atoms with Crippen LogP contribution < -0.4 is 0 Å². The largest absolute Gasteiger partial charge is 0.331 e. The lowest BCUT2D eigenvalue weighted by Crippen LogP contribution is -2.38. The summed E-state index contributed by atoms with van der Waals surface area (Å²) in [5, 5.41) is 2.13. The van der Waals surface area contributed by atoms with E-state index < -0.39 is 0 Å². The molecule has 1 amide bonds. The van der Waals surface area contributed by atoms with Crippen molar-refractivity contribution in [3.63, 3.8) is 0 Å². The SMILES string of the molecule is CC(=O)N1CCc2sccc2C1c1ccccc1. The minimum absolute atomic E-state index is 0.0960. The van der Waals surface area contributed by atoms with Gasteiger partial charge in [0.05, 0.1) is 6.04 Å². The molecule has 2 aromatic rings. The van der Waals surface area contributed by atoms with Crippen molar-refractivity contribution in [1.29, 1.82) is 0 Å². The predicted molar refractivity (Wildman–Crippen MR) is 73.7 cm³/mol. The van der Waals surface area contributed by atoms with Crippen molar-refractivity contribution in [3.8, 4) is 0 Å². The Labute approximate surface area is 111 Å². The molecule has 0 fully saturated rings. The van der Waals surface area contributed by atoms with E-state index in [0.29, 0.717) is 0 Å². The summed E-state index contributed by atoms with van der Waals surface area (Å²) in [4.78, 5) is 15.2.